The van der Waals surface area contributed by atoms with Crippen molar-refractivity contribution in [3.63, 3.8) is 0 Å². The fourth-order valence-corrected chi connectivity index (χ4v) is 4.05. The maximum atomic E-state index is 13.1. The third kappa shape index (κ3) is 2.09. The average molecular weight is 322 g/mol. The van der Waals surface area contributed by atoms with Crippen LogP contribution in [-0.2, 0) is 17.8 Å². The van der Waals surface area contributed by atoms with E-state index < -0.39 is 0 Å². The molecule has 0 unspecified atom stereocenters. The maximum absolute atomic E-state index is 13.1. The number of aryl methyl sites for hydroxylation is 2. The summed E-state index contributed by atoms with van der Waals surface area (Å²) in [6.45, 7) is 4.78. The standard InChI is InChI=1S/C19H18N2OS/c1-12-6-5-7-13(2)17(12)21-18(22)16-10-14-8-3-4-9-15(14)11-20(16)19(21)23/h3-9,16H,10-11H2,1-2H3/t16-/m0/s1. The number of para-hydroxylation sites is 1. The van der Waals surface area contributed by atoms with Gasteiger partial charge in [0.1, 0.15) is 6.04 Å². The highest BCUT2D eigenvalue weighted by Crippen LogP contribution is 2.35. The Kier molecular flexibility index (Phi) is 3.23. The number of carbonyl (C=O) groups excluding carboxylic acids is 1. The number of fused-ring (bicyclic) bond motifs is 2. The van der Waals surface area contributed by atoms with Crippen molar-refractivity contribution in [3.8, 4) is 0 Å². The molecule has 4 heteroatoms. The van der Waals surface area contributed by atoms with Crippen LogP contribution in [0.25, 0.3) is 0 Å². The van der Waals surface area contributed by atoms with E-state index >= 15 is 0 Å². The van der Waals surface area contributed by atoms with E-state index in [9.17, 15) is 4.79 Å². The summed E-state index contributed by atoms with van der Waals surface area (Å²) < 4.78 is 0. The molecule has 3 nitrogen and oxygen atoms in total. The lowest BCUT2D eigenvalue weighted by molar-refractivity contribution is -0.120. The molecule has 2 aliphatic rings. The molecule has 1 fully saturated rings. The lowest BCUT2D eigenvalue weighted by Gasteiger charge is -2.30. The van der Waals surface area contributed by atoms with Gasteiger partial charge in [-0.2, -0.15) is 0 Å². The second-order valence-electron chi connectivity index (χ2n) is 6.31. The maximum Gasteiger partial charge on any atom is 0.256 e. The Morgan fingerprint density at radius 3 is 2.35 bits per heavy atom. The van der Waals surface area contributed by atoms with Gasteiger partial charge in [-0.1, -0.05) is 42.5 Å². The summed E-state index contributed by atoms with van der Waals surface area (Å²) in [4.78, 5) is 16.9. The smallest absolute Gasteiger partial charge is 0.256 e. The predicted octanol–water partition coefficient (Wildman–Crippen LogP) is 3.36. The highest BCUT2D eigenvalue weighted by molar-refractivity contribution is 7.80. The molecule has 1 amide bonds. The third-order valence-corrected chi connectivity index (χ3v) is 5.27. The van der Waals surface area contributed by atoms with E-state index in [4.69, 9.17) is 12.2 Å². The van der Waals surface area contributed by atoms with Gasteiger partial charge in [0.25, 0.3) is 5.91 Å². The molecule has 0 bridgehead atoms. The van der Waals surface area contributed by atoms with E-state index in [1.165, 1.54) is 11.1 Å². The molecule has 2 aromatic rings. The summed E-state index contributed by atoms with van der Waals surface area (Å²) in [6, 6.07) is 14.2. The molecule has 0 aliphatic carbocycles. The van der Waals surface area contributed by atoms with E-state index in [0.29, 0.717) is 11.7 Å². The summed E-state index contributed by atoms with van der Waals surface area (Å²) >= 11 is 5.68. The fraction of sp³-hybridized carbons (Fsp3) is 0.263. The Bertz CT molecular complexity index is 767. The van der Waals surface area contributed by atoms with Crippen LogP contribution in [0.2, 0.25) is 0 Å². The summed E-state index contributed by atoms with van der Waals surface area (Å²) in [5, 5.41) is 0.631. The van der Waals surface area contributed by atoms with Crippen LogP contribution in [0.15, 0.2) is 42.5 Å². The first-order valence-electron chi connectivity index (χ1n) is 7.85. The Morgan fingerprint density at radius 1 is 1.00 bits per heavy atom. The third-order valence-electron chi connectivity index (χ3n) is 4.85. The molecule has 2 heterocycles. The molecule has 0 radical (unpaired) electrons. The number of nitrogens with zero attached hydrogens (tertiary/aromatic N) is 2. The molecule has 0 saturated carbocycles. The van der Waals surface area contributed by atoms with Crippen LogP contribution in [0.1, 0.15) is 22.3 Å². The van der Waals surface area contributed by atoms with E-state index in [1.54, 1.807) is 4.90 Å². The quantitative estimate of drug-likeness (QED) is 0.752. The van der Waals surface area contributed by atoms with Gasteiger partial charge in [0, 0.05) is 13.0 Å². The van der Waals surface area contributed by atoms with Gasteiger partial charge in [-0.3, -0.25) is 9.69 Å². The minimum Gasteiger partial charge on any atom is -0.332 e. The van der Waals surface area contributed by atoms with Crippen LogP contribution < -0.4 is 4.90 Å². The second-order valence-corrected chi connectivity index (χ2v) is 6.68. The largest absolute Gasteiger partial charge is 0.332 e. The van der Waals surface area contributed by atoms with Gasteiger partial charge in [-0.15, -0.1) is 0 Å². The minimum absolute atomic E-state index is 0.0990. The molecule has 0 N–H and O–H groups in total. The zero-order chi connectivity index (χ0) is 16.1. The Balaban J connectivity index is 1.77. The van der Waals surface area contributed by atoms with Gasteiger partial charge in [-0.05, 0) is 48.3 Å². The van der Waals surface area contributed by atoms with Crippen molar-refractivity contribution in [1.82, 2.24) is 4.90 Å². The van der Waals surface area contributed by atoms with Crippen molar-refractivity contribution in [1.29, 1.82) is 0 Å². The highest BCUT2D eigenvalue weighted by atomic mass is 32.1. The average Bonchev–Trinajstić information content (AvgIpc) is 2.78. The zero-order valence-corrected chi connectivity index (χ0v) is 14.1. The van der Waals surface area contributed by atoms with Crippen LogP contribution >= 0.6 is 12.2 Å². The molecule has 0 aromatic heterocycles. The molecule has 23 heavy (non-hydrogen) atoms. The van der Waals surface area contributed by atoms with Crippen LogP contribution in [0.3, 0.4) is 0 Å². The summed E-state index contributed by atoms with van der Waals surface area (Å²) in [7, 11) is 0. The van der Waals surface area contributed by atoms with Crippen molar-refractivity contribution in [2.45, 2.75) is 32.9 Å². The molecule has 4 rings (SSSR count). The first-order chi connectivity index (χ1) is 11.1. The molecule has 116 valence electrons. The van der Waals surface area contributed by atoms with Gasteiger partial charge in [-0.25, -0.2) is 0 Å². The predicted molar refractivity (Wildman–Crippen MR) is 95.5 cm³/mol. The lowest BCUT2D eigenvalue weighted by atomic mass is 9.95. The number of thiocarbonyl (C=S) groups is 1. The van der Waals surface area contributed by atoms with Gasteiger partial charge in [0.2, 0.25) is 0 Å². The van der Waals surface area contributed by atoms with Crippen LogP contribution in [-0.4, -0.2) is 22.0 Å². The fourth-order valence-electron chi connectivity index (χ4n) is 3.68. The molecule has 2 aromatic carbocycles. The minimum atomic E-state index is -0.170. The summed E-state index contributed by atoms with van der Waals surface area (Å²) in [5.41, 5.74) is 5.63. The van der Waals surface area contributed by atoms with Crippen LogP contribution in [0.5, 0.6) is 0 Å². The Labute approximate surface area is 141 Å². The van der Waals surface area contributed by atoms with Crippen molar-refractivity contribution < 1.29 is 4.79 Å². The normalized spacial score (nSPS) is 19.8. The van der Waals surface area contributed by atoms with Gasteiger partial charge < -0.3 is 4.90 Å². The molecular weight excluding hydrogens is 304 g/mol. The van der Waals surface area contributed by atoms with Gasteiger partial charge in [0.15, 0.2) is 5.11 Å². The molecule has 0 spiro atoms. The lowest BCUT2D eigenvalue weighted by Crippen LogP contribution is -2.39. The molecular formula is C19H18N2OS. The Morgan fingerprint density at radius 2 is 1.65 bits per heavy atom. The number of carbonyl (C=O) groups is 1. The molecule has 2 aliphatic heterocycles. The summed E-state index contributed by atoms with van der Waals surface area (Å²) in [6.07, 6.45) is 0.733. The van der Waals surface area contributed by atoms with Crippen molar-refractivity contribution in [2.75, 3.05) is 4.90 Å². The first kappa shape index (κ1) is 14.4. The second kappa shape index (κ2) is 5.17. The number of rotatable bonds is 1. The van der Waals surface area contributed by atoms with E-state index in [2.05, 4.69) is 17.0 Å². The van der Waals surface area contributed by atoms with Crippen LogP contribution in [0.4, 0.5) is 5.69 Å². The van der Waals surface area contributed by atoms with E-state index in [1.807, 2.05) is 44.2 Å². The van der Waals surface area contributed by atoms with Crippen LogP contribution in [0, 0.1) is 13.8 Å². The monoisotopic (exact) mass is 322 g/mol. The molecule has 1 saturated heterocycles. The topological polar surface area (TPSA) is 23.6 Å². The van der Waals surface area contributed by atoms with E-state index in [-0.39, 0.29) is 11.9 Å². The van der Waals surface area contributed by atoms with Gasteiger partial charge in [0.05, 0.1) is 5.69 Å². The first-order valence-corrected chi connectivity index (χ1v) is 8.26. The highest BCUT2D eigenvalue weighted by Gasteiger charge is 2.45. The number of hydrogen-bond donors (Lipinski definition) is 0. The van der Waals surface area contributed by atoms with Crippen molar-refractivity contribution in [3.05, 3.63) is 64.7 Å². The Hall–Kier alpha value is -2.20. The number of hydrogen-bond acceptors (Lipinski definition) is 2. The van der Waals surface area contributed by atoms with Crippen molar-refractivity contribution in [2.24, 2.45) is 0 Å². The number of amides is 1. The van der Waals surface area contributed by atoms with Crippen molar-refractivity contribution >= 4 is 28.9 Å². The van der Waals surface area contributed by atoms with Gasteiger partial charge >= 0.3 is 0 Å². The summed E-state index contributed by atoms with van der Waals surface area (Å²) in [5.74, 6) is 0.0990. The van der Waals surface area contributed by atoms with E-state index in [0.717, 1.165) is 23.2 Å². The number of anilines is 1. The SMILES string of the molecule is Cc1cccc(C)c1N1C(=O)[C@@H]2Cc3ccccc3CN2C1=S. The molecule has 1 atom stereocenters. The number of benzene rings is 2. The zero-order valence-electron chi connectivity index (χ0n) is 13.2.